The second kappa shape index (κ2) is 3.87. The second-order valence-electron chi connectivity index (χ2n) is 4.65. The van der Waals surface area contributed by atoms with Crippen molar-refractivity contribution < 1.29 is 0 Å². The Balaban J connectivity index is 2.08. The van der Waals surface area contributed by atoms with Gasteiger partial charge in [-0.05, 0) is 25.0 Å². The molecule has 1 aliphatic rings. The topological polar surface area (TPSA) is 56.7 Å². The molecule has 4 heteroatoms. The Bertz CT molecular complexity index is 544. The maximum Gasteiger partial charge on any atom is 0.183 e. The van der Waals surface area contributed by atoms with Gasteiger partial charge in [0.1, 0.15) is 5.82 Å². The maximum absolute atomic E-state index is 5.96. The Morgan fingerprint density at radius 3 is 2.94 bits per heavy atom. The molecular formula is C13H16N4. The van der Waals surface area contributed by atoms with Crippen LogP contribution in [0.5, 0.6) is 0 Å². The number of nitrogens with zero attached hydrogens (tertiary/aromatic N) is 3. The monoisotopic (exact) mass is 228 g/mol. The fourth-order valence-corrected chi connectivity index (χ4v) is 2.37. The van der Waals surface area contributed by atoms with E-state index < -0.39 is 0 Å². The van der Waals surface area contributed by atoms with Gasteiger partial charge in [-0.3, -0.25) is 0 Å². The Labute approximate surface area is 100 Å². The van der Waals surface area contributed by atoms with Crippen molar-refractivity contribution >= 4 is 5.69 Å². The summed E-state index contributed by atoms with van der Waals surface area (Å²) in [7, 11) is 0. The van der Waals surface area contributed by atoms with Crippen molar-refractivity contribution in [2.24, 2.45) is 0 Å². The molecule has 2 heterocycles. The third kappa shape index (κ3) is 1.69. The van der Waals surface area contributed by atoms with Crippen LogP contribution in [-0.4, -0.2) is 14.8 Å². The number of nitrogen functional groups attached to an aromatic ring is 1. The van der Waals surface area contributed by atoms with Crippen LogP contribution in [0.25, 0.3) is 11.4 Å². The minimum absolute atomic E-state index is 0.495. The predicted octanol–water partition coefficient (Wildman–Crippen LogP) is 2.42. The average molecular weight is 228 g/mol. The summed E-state index contributed by atoms with van der Waals surface area (Å²) in [6, 6.07) is 7.76. The van der Waals surface area contributed by atoms with Gasteiger partial charge >= 0.3 is 0 Å². The molecule has 0 aliphatic carbocycles. The van der Waals surface area contributed by atoms with Gasteiger partial charge in [-0.25, -0.2) is 9.67 Å². The third-order valence-electron chi connectivity index (χ3n) is 3.35. The number of aryl methyl sites for hydroxylation is 1. The van der Waals surface area contributed by atoms with Gasteiger partial charge in [-0.2, -0.15) is 5.10 Å². The number of rotatable bonds is 1. The van der Waals surface area contributed by atoms with Crippen LogP contribution in [0, 0.1) is 0 Å². The van der Waals surface area contributed by atoms with Crippen molar-refractivity contribution in [1.82, 2.24) is 14.8 Å². The Morgan fingerprint density at radius 2 is 2.18 bits per heavy atom. The highest BCUT2D eigenvalue weighted by Gasteiger charge is 2.21. The molecule has 88 valence electrons. The van der Waals surface area contributed by atoms with Crippen LogP contribution in [0.3, 0.4) is 0 Å². The number of fused-ring (bicyclic) bond motifs is 1. The molecule has 0 saturated heterocycles. The minimum atomic E-state index is 0.495. The van der Waals surface area contributed by atoms with Gasteiger partial charge < -0.3 is 5.73 Å². The van der Waals surface area contributed by atoms with Crippen LogP contribution in [0.2, 0.25) is 0 Å². The smallest absolute Gasteiger partial charge is 0.183 e. The summed E-state index contributed by atoms with van der Waals surface area (Å²) in [5, 5.41) is 4.56. The van der Waals surface area contributed by atoms with E-state index in [4.69, 9.17) is 5.73 Å². The van der Waals surface area contributed by atoms with Crippen LogP contribution in [0.4, 0.5) is 5.69 Å². The molecule has 1 unspecified atom stereocenters. The highest BCUT2D eigenvalue weighted by molar-refractivity contribution is 5.70. The zero-order valence-corrected chi connectivity index (χ0v) is 9.93. The molecule has 1 atom stereocenters. The Kier molecular flexibility index (Phi) is 2.35. The molecule has 4 nitrogen and oxygen atoms in total. The molecule has 0 saturated carbocycles. The van der Waals surface area contributed by atoms with Crippen molar-refractivity contribution in [2.75, 3.05) is 5.73 Å². The van der Waals surface area contributed by atoms with Gasteiger partial charge in [0.05, 0.1) is 0 Å². The normalized spacial score (nSPS) is 19.0. The molecule has 3 rings (SSSR count). The summed E-state index contributed by atoms with van der Waals surface area (Å²) in [6.07, 6.45) is 2.38. The lowest BCUT2D eigenvalue weighted by Gasteiger charge is -2.17. The quantitative estimate of drug-likeness (QED) is 0.763. The number of para-hydroxylation sites is 1. The highest BCUT2D eigenvalue weighted by Crippen LogP contribution is 2.29. The van der Waals surface area contributed by atoms with E-state index >= 15 is 0 Å². The second-order valence-corrected chi connectivity index (χ2v) is 4.65. The zero-order valence-electron chi connectivity index (χ0n) is 9.93. The molecule has 0 fully saturated rings. The number of hydrogen-bond donors (Lipinski definition) is 1. The van der Waals surface area contributed by atoms with E-state index in [2.05, 4.69) is 17.0 Å². The first-order valence-electron chi connectivity index (χ1n) is 6.05. The van der Waals surface area contributed by atoms with Crippen LogP contribution in [0.1, 0.15) is 31.5 Å². The van der Waals surface area contributed by atoms with Crippen molar-refractivity contribution in [1.29, 1.82) is 0 Å². The van der Waals surface area contributed by atoms with E-state index in [0.29, 0.717) is 5.92 Å². The summed E-state index contributed by atoms with van der Waals surface area (Å²) >= 11 is 0. The standard InChI is InChI=1S/C13H16N4/c1-9-5-4-8-17-13(9)15-12(16-17)10-6-2-3-7-11(10)14/h2-3,6-7,9H,4-5,8,14H2,1H3. The van der Waals surface area contributed by atoms with E-state index in [1.165, 1.54) is 12.8 Å². The van der Waals surface area contributed by atoms with Crippen molar-refractivity contribution in [3.05, 3.63) is 30.1 Å². The van der Waals surface area contributed by atoms with Gasteiger partial charge in [-0.15, -0.1) is 0 Å². The van der Waals surface area contributed by atoms with Crippen LogP contribution in [-0.2, 0) is 6.54 Å². The average Bonchev–Trinajstić information content (AvgIpc) is 2.75. The summed E-state index contributed by atoms with van der Waals surface area (Å²) in [5.41, 5.74) is 7.63. The maximum atomic E-state index is 5.96. The van der Waals surface area contributed by atoms with Gasteiger partial charge in [0.25, 0.3) is 0 Å². The zero-order chi connectivity index (χ0) is 11.8. The molecule has 1 aromatic heterocycles. The molecule has 17 heavy (non-hydrogen) atoms. The molecule has 0 amide bonds. The number of anilines is 1. The number of hydrogen-bond acceptors (Lipinski definition) is 3. The van der Waals surface area contributed by atoms with E-state index in [1.807, 2.05) is 28.9 Å². The summed E-state index contributed by atoms with van der Waals surface area (Å²) in [4.78, 5) is 4.63. The SMILES string of the molecule is CC1CCCn2nc(-c3ccccc3N)nc21. The van der Waals surface area contributed by atoms with Crippen molar-refractivity contribution in [3.63, 3.8) is 0 Å². The van der Waals surface area contributed by atoms with Gasteiger partial charge in [0.2, 0.25) is 0 Å². The molecule has 1 aliphatic heterocycles. The van der Waals surface area contributed by atoms with E-state index in [-0.39, 0.29) is 0 Å². The molecule has 2 aromatic rings. The number of nitrogens with two attached hydrogens (primary N) is 1. The first-order valence-corrected chi connectivity index (χ1v) is 6.05. The van der Waals surface area contributed by atoms with Crippen LogP contribution >= 0.6 is 0 Å². The van der Waals surface area contributed by atoms with Crippen molar-refractivity contribution in [2.45, 2.75) is 32.2 Å². The minimum Gasteiger partial charge on any atom is -0.398 e. The molecule has 0 spiro atoms. The number of aromatic nitrogens is 3. The molecule has 1 aromatic carbocycles. The molecule has 0 bridgehead atoms. The van der Waals surface area contributed by atoms with Gasteiger partial charge in [-0.1, -0.05) is 19.1 Å². The molecule has 2 N–H and O–H groups in total. The fourth-order valence-electron chi connectivity index (χ4n) is 2.37. The van der Waals surface area contributed by atoms with Crippen molar-refractivity contribution in [3.8, 4) is 11.4 Å². The van der Waals surface area contributed by atoms with Gasteiger partial charge in [0, 0.05) is 23.7 Å². The summed E-state index contributed by atoms with van der Waals surface area (Å²) in [5.74, 6) is 2.34. The third-order valence-corrected chi connectivity index (χ3v) is 3.35. The number of benzene rings is 1. The molecule has 0 radical (unpaired) electrons. The molecular weight excluding hydrogens is 212 g/mol. The Morgan fingerprint density at radius 1 is 1.35 bits per heavy atom. The first kappa shape index (κ1) is 10.3. The highest BCUT2D eigenvalue weighted by atomic mass is 15.4. The lowest BCUT2D eigenvalue weighted by Crippen LogP contribution is -2.14. The fraction of sp³-hybridized carbons (Fsp3) is 0.385. The van der Waals surface area contributed by atoms with E-state index in [0.717, 1.165) is 29.4 Å². The first-order chi connectivity index (χ1) is 8.25. The lowest BCUT2D eigenvalue weighted by molar-refractivity contribution is 0.432. The summed E-state index contributed by atoms with van der Waals surface area (Å²) < 4.78 is 2.02. The van der Waals surface area contributed by atoms with E-state index in [9.17, 15) is 0 Å². The van der Waals surface area contributed by atoms with Gasteiger partial charge in [0.15, 0.2) is 5.82 Å². The van der Waals surface area contributed by atoms with Crippen LogP contribution in [0.15, 0.2) is 24.3 Å². The lowest BCUT2D eigenvalue weighted by atomic mass is 10.0. The van der Waals surface area contributed by atoms with Crippen LogP contribution < -0.4 is 5.73 Å². The van der Waals surface area contributed by atoms with E-state index in [1.54, 1.807) is 0 Å². The summed E-state index contributed by atoms with van der Waals surface area (Å²) in [6.45, 7) is 3.18. The Hall–Kier alpha value is -1.84. The predicted molar refractivity (Wildman–Crippen MR) is 67.5 cm³/mol. The largest absolute Gasteiger partial charge is 0.398 e.